The van der Waals surface area contributed by atoms with Gasteiger partial charge in [0.05, 0.1) is 5.75 Å². The fourth-order valence-corrected chi connectivity index (χ4v) is 4.00. The van der Waals surface area contributed by atoms with Crippen LogP contribution in [-0.2, 0) is 16.7 Å². The summed E-state index contributed by atoms with van der Waals surface area (Å²) < 4.78 is 31.3. The predicted molar refractivity (Wildman–Crippen MR) is 78.9 cm³/mol. The zero-order valence-electron chi connectivity index (χ0n) is 11.5. The van der Waals surface area contributed by atoms with Crippen LogP contribution in [0.2, 0.25) is 0 Å². The molecular weight excluding hydrogens is 276 g/mol. The summed E-state index contributed by atoms with van der Waals surface area (Å²) in [6.07, 6.45) is 1.41. The van der Waals surface area contributed by atoms with E-state index in [1.165, 1.54) is 5.56 Å². The van der Waals surface area contributed by atoms with Gasteiger partial charge >= 0.3 is 0 Å². The highest BCUT2D eigenvalue weighted by atomic mass is 32.2. The van der Waals surface area contributed by atoms with Crippen molar-refractivity contribution in [3.05, 3.63) is 35.9 Å². The van der Waals surface area contributed by atoms with Crippen molar-refractivity contribution in [2.24, 2.45) is 11.1 Å². The number of likely N-dealkylation sites (tertiary alicyclic amines) is 1. The van der Waals surface area contributed by atoms with Gasteiger partial charge in [-0.1, -0.05) is 30.3 Å². The Bertz CT molecular complexity index is 523. The fourth-order valence-electron chi connectivity index (χ4n) is 2.82. The highest BCUT2D eigenvalue weighted by Gasteiger charge is 2.37. The van der Waals surface area contributed by atoms with Crippen LogP contribution in [0.3, 0.4) is 0 Å². The zero-order chi connectivity index (χ0) is 14.6. The second-order valence-corrected chi connectivity index (χ2v) is 7.14. The summed E-state index contributed by atoms with van der Waals surface area (Å²) in [5.41, 5.74) is 6.53. The molecule has 5 nitrogen and oxygen atoms in total. The van der Waals surface area contributed by atoms with Gasteiger partial charge in [-0.3, -0.25) is 9.45 Å². The van der Waals surface area contributed by atoms with Crippen LogP contribution in [0, 0.1) is 5.41 Å². The molecule has 3 N–H and O–H groups in total. The SMILES string of the molecule is NCC1(CS(=O)(=O)O)CCN(Cc2ccccc2)CC1. The van der Waals surface area contributed by atoms with E-state index in [4.69, 9.17) is 10.3 Å². The van der Waals surface area contributed by atoms with Gasteiger partial charge in [-0.15, -0.1) is 0 Å². The van der Waals surface area contributed by atoms with Crippen LogP contribution in [0.4, 0.5) is 0 Å². The molecule has 1 aromatic rings. The van der Waals surface area contributed by atoms with Gasteiger partial charge in [0, 0.05) is 12.0 Å². The van der Waals surface area contributed by atoms with Crippen molar-refractivity contribution in [2.45, 2.75) is 19.4 Å². The highest BCUT2D eigenvalue weighted by molar-refractivity contribution is 7.85. The number of piperidine rings is 1. The van der Waals surface area contributed by atoms with Gasteiger partial charge in [0.2, 0.25) is 0 Å². The van der Waals surface area contributed by atoms with E-state index in [9.17, 15) is 8.42 Å². The van der Waals surface area contributed by atoms with E-state index in [1.54, 1.807) is 0 Å². The van der Waals surface area contributed by atoms with Gasteiger partial charge in [-0.25, -0.2) is 0 Å². The van der Waals surface area contributed by atoms with E-state index < -0.39 is 15.5 Å². The first-order valence-corrected chi connectivity index (χ1v) is 8.45. The van der Waals surface area contributed by atoms with Crippen LogP contribution >= 0.6 is 0 Å². The summed E-state index contributed by atoms with van der Waals surface area (Å²) in [7, 11) is -3.97. The lowest BCUT2D eigenvalue weighted by Crippen LogP contribution is -2.47. The minimum atomic E-state index is -3.97. The summed E-state index contributed by atoms with van der Waals surface area (Å²) in [5.74, 6) is -0.227. The van der Waals surface area contributed by atoms with E-state index in [1.807, 2.05) is 18.2 Å². The predicted octanol–water partition coefficient (Wildman–Crippen LogP) is 1.12. The van der Waals surface area contributed by atoms with Crippen LogP contribution in [0.25, 0.3) is 0 Å². The van der Waals surface area contributed by atoms with Crippen molar-refractivity contribution in [3.8, 4) is 0 Å². The van der Waals surface area contributed by atoms with Crippen LogP contribution in [0.15, 0.2) is 30.3 Å². The minimum Gasteiger partial charge on any atom is -0.330 e. The molecule has 112 valence electrons. The lowest BCUT2D eigenvalue weighted by Gasteiger charge is -2.40. The van der Waals surface area contributed by atoms with Crippen molar-refractivity contribution in [1.29, 1.82) is 0 Å². The van der Waals surface area contributed by atoms with Crippen molar-refractivity contribution < 1.29 is 13.0 Å². The first-order chi connectivity index (χ1) is 9.42. The smallest absolute Gasteiger partial charge is 0.265 e. The molecule has 20 heavy (non-hydrogen) atoms. The van der Waals surface area contributed by atoms with Gasteiger partial charge < -0.3 is 5.73 Å². The lowest BCUT2D eigenvalue weighted by atomic mass is 9.80. The molecule has 0 unspecified atom stereocenters. The Morgan fingerprint density at radius 1 is 1.20 bits per heavy atom. The zero-order valence-corrected chi connectivity index (χ0v) is 12.3. The second kappa shape index (κ2) is 6.22. The van der Waals surface area contributed by atoms with E-state index in [-0.39, 0.29) is 5.75 Å². The first kappa shape index (κ1) is 15.4. The molecule has 0 aliphatic carbocycles. The molecule has 0 radical (unpaired) electrons. The Hall–Kier alpha value is -0.950. The molecule has 1 fully saturated rings. The molecule has 1 aromatic carbocycles. The number of rotatable bonds is 5. The van der Waals surface area contributed by atoms with Gasteiger partial charge in [-0.2, -0.15) is 8.42 Å². The summed E-state index contributed by atoms with van der Waals surface area (Å²) in [6.45, 7) is 2.78. The summed E-state index contributed by atoms with van der Waals surface area (Å²) in [4.78, 5) is 2.30. The van der Waals surface area contributed by atoms with Gasteiger partial charge in [-0.05, 0) is 38.0 Å². The third-order valence-electron chi connectivity index (χ3n) is 4.09. The topological polar surface area (TPSA) is 83.6 Å². The monoisotopic (exact) mass is 298 g/mol. The average Bonchev–Trinajstić information content (AvgIpc) is 2.41. The molecule has 0 spiro atoms. The molecule has 0 amide bonds. The van der Waals surface area contributed by atoms with Crippen LogP contribution in [0.1, 0.15) is 18.4 Å². The van der Waals surface area contributed by atoms with Crippen molar-refractivity contribution >= 4 is 10.1 Å². The standard InChI is InChI=1S/C14H22N2O3S/c15-11-14(12-20(17,18)19)6-8-16(9-7-14)10-13-4-2-1-3-5-13/h1-5H,6-12,15H2,(H,17,18,19). The maximum Gasteiger partial charge on any atom is 0.265 e. The Labute approximate surface area is 120 Å². The Morgan fingerprint density at radius 2 is 1.80 bits per heavy atom. The van der Waals surface area contributed by atoms with Gasteiger partial charge in [0.15, 0.2) is 0 Å². The molecule has 0 aromatic heterocycles. The molecule has 0 atom stereocenters. The van der Waals surface area contributed by atoms with E-state index in [2.05, 4.69) is 17.0 Å². The first-order valence-electron chi connectivity index (χ1n) is 6.84. The third kappa shape index (κ3) is 4.28. The number of hydrogen-bond donors (Lipinski definition) is 2. The second-order valence-electron chi connectivity index (χ2n) is 5.69. The van der Waals surface area contributed by atoms with Crippen LogP contribution < -0.4 is 5.73 Å². The number of nitrogens with zero attached hydrogens (tertiary/aromatic N) is 1. The van der Waals surface area contributed by atoms with Crippen LogP contribution in [0.5, 0.6) is 0 Å². The van der Waals surface area contributed by atoms with E-state index in [0.717, 1.165) is 19.6 Å². The molecule has 6 heteroatoms. The highest BCUT2D eigenvalue weighted by Crippen LogP contribution is 2.32. The van der Waals surface area contributed by atoms with E-state index in [0.29, 0.717) is 19.4 Å². The average molecular weight is 298 g/mol. The Balaban J connectivity index is 1.94. The Morgan fingerprint density at radius 3 is 2.30 bits per heavy atom. The third-order valence-corrected chi connectivity index (χ3v) is 5.06. The number of benzene rings is 1. The molecular formula is C14H22N2O3S. The molecule has 1 aliphatic heterocycles. The molecule has 0 bridgehead atoms. The van der Waals surface area contributed by atoms with Gasteiger partial charge in [0.25, 0.3) is 10.1 Å². The number of nitrogens with two attached hydrogens (primary N) is 1. The quantitative estimate of drug-likeness (QED) is 0.796. The molecule has 0 saturated carbocycles. The lowest BCUT2D eigenvalue weighted by molar-refractivity contribution is 0.120. The molecule has 1 aliphatic rings. The van der Waals surface area contributed by atoms with Crippen LogP contribution in [-0.4, -0.2) is 43.3 Å². The largest absolute Gasteiger partial charge is 0.330 e. The van der Waals surface area contributed by atoms with Crippen molar-refractivity contribution in [3.63, 3.8) is 0 Å². The van der Waals surface area contributed by atoms with Crippen molar-refractivity contribution in [1.82, 2.24) is 4.90 Å². The normalized spacial score (nSPS) is 19.9. The molecule has 1 saturated heterocycles. The minimum absolute atomic E-state index is 0.227. The summed E-state index contributed by atoms with van der Waals surface area (Å²) in [6, 6.07) is 10.2. The maximum absolute atomic E-state index is 11.1. The molecule has 2 rings (SSSR count). The number of hydrogen-bond acceptors (Lipinski definition) is 4. The summed E-state index contributed by atoms with van der Waals surface area (Å²) >= 11 is 0. The Kier molecular flexibility index (Phi) is 4.80. The van der Waals surface area contributed by atoms with E-state index >= 15 is 0 Å². The maximum atomic E-state index is 11.1. The fraction of sp³-hybridized carbons (Fsp3) is 0.571. The summed E-state index contributed by atoms with van der Waals surface area (Å²) in [5, 5.41) is 0. The molecule has 1 heterocycles. The van der Waals surface area contributed by atoms with Gasteiger partial charge in [0.1, 0.15) is 0 Å². The van der Waals surface area contributed by atoms with Crippen molar-refractivity contribution in [2.75, 3.05) is 25.4 Å².